The monoisotopic (exact) mass is 312 g/mol. The molecule has 0 aliphatic heterocycles. The maximum absolute atomic E-state index is 13.7. The lowest BCUT2D eigenvalue weighted by Crippen LogP contribution is -2.19. The van der Waals surface area contributed by atoms with Gasteiger partial charge in [-0.25, -0.2) is 4.39 Å². The number of halogens is 4. The molecule has 1 aromatic rings. The Bertz CT molecular complexity index is 364. The first-order valence-electron chi connectivity index (χ1n) is 4.59. The zero-order valence-corrected chi connectivity index (χ0v) is 11.7. The average molecular weight is 314 g/mol. The van der Waals surface area contributed by atoms with Crippen LogP contribution in [0.1, 0.15) is 25.8 Å². The molecule has 0 nitrogen and oxygen atoms in total. The van der Waals surface area contributed by atoms with Crippen molar-refractivity contribution in [3.05, 3.63) is 33.0 Å². The summed E-state index contributed by atoms with van der Waals surface area (Å²) in [4.78, 5) is 0. The largest absolute Gasteiger partial charge is 0.207 e. The van der Waals surface area contributed by atoms with Crippen molar-refractivity contribution in [2.75, 3.05) is 5.88 Å². The first-order valence-corrected chi connectivity index (χ1v) is 6.30. The predicted molar refractivity (Wildman–Crippen MR) is 67.5 cm³/mol. The molecule has 0 amide bonds. The standard InChI is InChI=1S/C11H12BrCl2F/c1-11(2,3-4-13)7-5-9(14)8(12)6-10(7)15/h5-6H,3-4H2,1-2H3. The third-order valence-electron chi connectivity index (χ3n) is 2.46. The second-order valence-electron chi connectivity index (χ2n) is 4.07. The zero-order valence-electron chi connectivity index (χ0n) is 8.58. The van der Waals surface area contributed by atoms with Gasteiger partial charge in [-0.3, -0.25) is 0 Å². The minimum atomic E-state index is -0.295. The maximum atomic E-state index is 13.7. The third-order valence-corrected chi connectivity index (χ3v) is 3.84. The van der Waals surface area contributed by atoms with E-state index in [4.69, 9.17) is 23.2 Å². The minimum Gasteiger partial charge on any atom is -0.207 e. The Kier molecular flexibility index (Phi) is 4.45. The van der Waals surface area contributed by atoms with Gasteiger partial charge in [0.05, 0.1) is 5.02 Å². The summed E-state index contributed by atoms with van der Waals surface area (Å²) in [6.07, 6.45) is 0.712. The summed E-state index contributed by atoms with van der Waals surface area (Å²) in [5, 5.41) is 0.522. The van der Waals surface area contributed by atoms with Crippen molar-refractivity contribution in [2.45, 2.75) is 25.7 Å². The Balaban J connectivity index is 3.19. The Morgan fingerprint density at radius 2 is 2.00 bits per heavy atom. The lowest BCUT2D eigenvalue weighted by atomic mass is 9.82. The third kappa shape index (κ3) is 3.08. The summed E-state index contributed by atoms with van der Waals surface area (Å²) < 4.78 is 14.3. The van der Waals surface area contributed by atoms with Crippen molar-refractivity contribution in [2.24, 2.45) is 0 Å². The fourth-order valence-electron chi connectivity index (χ4n) is 1.41. The van der Waals surface area contributed by atoms with Crippen molar-refractivity contribution < 1.29 is 4.39 Å². The lowest BCUT2D eigenvalue weighted by Gasteiger charge is -2.25. The summed E-state index contributed by atoms with van der Waals surface area (Å²) in [6, 6.07) is 3.06. The van der Waals surface area contributed by atoms with Crippen molar-refractivity contribution in [3.63, 3.8) is 0 Å². The number of hydrogen-bond donors (Lipinski definition) is 0. The Hall–Kier alpha value is 0.210. The van der Waals surface area contributed by atoms with Gasteiger partial charge in [-0.15, -0.1) is 11.6 Å². The van der Waals surface area contributed by atoms with Gasteiger partial charge in [0.2, 0.25) is 0 Å². The Morgan fingerprint density at radius 3 is 2.53 bits per heavy atom. The highest BCUT2D eigenvalue weighted by Gasteiger charge is 2.24. The molecule has 0 radical (unpaired) electrons. The molecule has 0 bridgehead atoms. The van der Waals surface area contributed by atoms with Crippen molar-refractivity contribution in [3.8, 4) is 0 Å². The quantitative estimate of drug-likeness (QED) is 0.535. The van der Waals surface area contributed by atoms with E-state index in [0.29, 0.717) is 27.4 Å². The molecule has 0 spiro atoms. The van der Waals surface area contributed by atoms with Gasteiger partial charge in [-0.2, -0.15) is 0 Å². The molecule has 0 N–H and O–H groups in total. The van der Waals surface area contributed by atoms with Gasteiger partial charge in [0.25, 0.3) is 0 Å². The predicted octanol–water partition coefficient (Wildman–Crippen LogP) is 5.15. The van der Waals surface area contributed by atoms with E-state index in [-0.39, 0.29) is 11.2 Å². The Labute approximate surface area is 108 Å². The molecule has 0 atom stereocenters. The molecule has 84 valence electrons. The van der Waals surface area contributed by atoms with Crippen LogP contribution in [-0.2, 0) is 5.41 Å². The highest BCUT2D eigenvalue weighted by atomic mass is 79.9. The highest BCUT2D eigenvalue weighted by Crippen LogP contribution is 2.34. The van der Waals surface area contributed by atoms with Crippen LogP contribution in [0.2, 0.25) is 5.02 Å². The fraction of sp³-hybridized carbons (Fsp3) is 0.455. The van der Waals surface area contributed by atoms with Crippen LogP contribution < -0.4 is 0 Å². The van der Waals surface area contributed by atoms with Crippen LogP contribution in [0.4, 0.5) is 4.39 Å². The van der Waals surface area contributed by atoms with Crippen LogP contribution >= 0.6 is 39.1 Å². The van der Waals surface area contributed by atoms with E-state index in [9.17, 15) is 4.39 Å². The molecule has 1 aromatic carbocycles. The van der Waals surface area contributed by atoms with Gasteiger partial charge in [0.15, 0.2) is 0 Å². The number of hydrogen-bond acceptors (Lipinski definition) is 0. The van der Waals surface area contributed by atoms with E-state index >= 15 is 0 Å². The van der Waals surface area contributed by atoms with E-state index in [1.54, 1.807) is 6.07 Å². The van der Waals surface area contributed by atoms with Gasteiger partial charge >= 0.3 is 0 Å². The molecule has 0 saturated carbocycles. The topological polar surface area (TPSA) is 0 Å². The fourth-order valence-corrected chi connectivity index (χ4v) is 2.36. The van der Waals surface area contributed by atoms with Crippen LogP contribution in [0.15, 0.2) is 16.6 Å². The van der Waals surface area contributed by atoms with Crippen LogP contribution in [0.3, 0.4) is 0 Å². The smallest absolute Gasteiger partial charge is 0.128 e. The van der Waals surface area contributed by atoms with Crippen LogP contribution in [-0.4, -0.2) is 5.88 Å². The molecule has 0 aromatic heterocycles. The van der Waals surface area contributed by atoms with E-state index in [2.05, 4.69) is 15.9 Å². The molecule has 4 heteroatoms. The molecular weight excluding hydrogens is 302 g/mol. The normalized spacial score (nSPS) is 11.9. The van der Waals surface area contributed by atoms with Crippen molar-refractivity contribution >= 4 is 39.1 Å². The van der Waals surface area contributed by atoms with Gasteiger partial charge in [-0.1, -0.05) is 25.4 Å². The second kappa shape index (κ2) is 5.03. The molecule has 15 heavy (non-hydrogen) atoms. The zero-order chi connectivity index (χ0) is 11.6. The molecule has 0 unspecified atom stereocenters. The van der Waals surface area contributed by atoms with Gasteiger partial charge < -0.3 is 0 Å². The van der Waals surface area contributed by atoms with Crippen LogP contribution in [0.5, 0.6) is 0 Å². The van der Waals surface area contributed by atoms with E-state index in [1.165, 1.54) is 6.07 Å². The number of alkyl halides is 1. The summed E-state index contributed by atoms with van der Waals surface area (Å²) in [7, 11) is 0. The minimum absolute atomic E-state index is 0.249. The van der Waals surface area contributed by atoms with E-state index < -0.39 is 0 Å². The van der Waals surface area contributed by atoms with Crippen molar-refractivity contribution in [1.82, 2.24) is 0 Å². The molecule has 0 aliphatic rings. The molecule has 0 aliphatic carbocycles. The summed E-state index contributed by atoms with van der Waals surface area (Å²) in [5.74, 6) is 0.251. The maximum Gasteiger partial charge on any atom is 0.128 e. The molecule has 1 rings (SSSR count). The van der Waals surface area contributed by atoms with Gasteiger partial charge in [0, 0.05) is 10.4 Å². The molecular formula is C11H12BrCl2F. The SMILES string of the molecule is CC(C)(CCCl)c1cc(Cl)c(Br)cc1F. The second-order valence-corrected chi connectivity index (χ2v) is 5.71. The highest BCUT2D eigenvalue weighted by molar-refractivity contribution is 9.10. The number of rotatable bonds is 3. The van der Waals surface area contributed by atoms with Gasteiger partial charge in [0.1, 0.15) is 5.82 Å². The van der Waals surface area contributed by atoms with Crippen LogP contribution in [0, 0.1) is 5.82 Å². The van der Waals surface area contributed by atoms with E-state index in [1.807, 2.05) is 13.8 Å². The average Bonchev–Trinajstić information content (AvgIpc) is 2.11. The first kappa shape index (κ1) is 13.3. The molecule has 0 heterocycles. The van der Waals surface area contributed by atoms with Crippen LogP contribution in [0.25, 0.3) is 0 Å². The molecule has 0 fully saturated rings. The first-order chi connectivity index (χ1) is 6.88. The van der Waals surface area contributed by atoms with E-state index in [0.717, 1.165) is 0 Å². The van der Waals surface area contributed by atoms with Crippen molar-refractivity contribution in [1.29, 1.82) is 0 Å². The lowest BCUT2D eigenvalue weighted by molar-refractivity contribution is 0.471. The van der Waals surface area contributed by atoms with Gasteiger partial charge in [-0.05, 0) is 45.5 Å². The summed E-state index contributed by atoms with van der Waals surface area (Å²) in [5.41, 5.74) is 0.312. The summed E-state index contributed by atoms with van der Waals surface area (Å²) >= 11 is 14.8. The summed E-state index contributed by atoms with van der Waals surface area (Å²) in [6.45, 7) is 3.91. The molecule has 0 saturated heterocycles. The number of benzene rings is 1. The Morgan fingerprint density at radius 1 is 1.40 bits per heavy atom.